The number of amides is 1. The van der Waals surface area contributed by atoms with Gasteiger partial charge in [0.15, 0.2) is 0 Å². The van der Waals surface area contributed by atoms with E-state index < -0.39 is 5.60 Å². The minimum atomic E-state index is -0.443. The third-order valence-corrected chi connectivity index (χ3v) is 4.14. The number of unbranched alkanes of at least 4 members (excludes halogenated alkanes) is 1. The van der Waals surface area contributed by atoms with Crippen molar-refractivity contribution in [2.75, 3.05) is 19.8 Å². The van der Waals surface area contributed by atoms with Gasteiger partial charge in [-0.1, -0.05) is 12.8 Å². The Morgan fingerprint density at radius 1 is 1.17 bits per heavy atom. The van der Waals surface area contributed by atoms with Crippen LogP contribution in [0.3, 0.4) is 0 Å². The molecule has 1 rings (SSSR count). The summed E-state index contributed by atoms with van der Waals surface area (Å²) in [5, 5.41) is 11.6. The first-order valence-corrected chi connectivity index (χ1v) is 9.11. The number of carbonyl (C=O) groups excluding carboxylic acids is 1. The first-order chi connectivity index (χ1) is 10.9. The van der Waals surface area contributed by atoms with E-state index >= 15 is 0 Å². The van der Waals surface area contributed by atoms with Gasteiger partial charge in [0.1, 0.15) is 5.60 Å². The van der Waals surface area contributed by atoms with Gasteiger partial charge in [0, 0.05) is 19.8 Å². The largest absolute Gasteiger partial charge is 0.444 e. The molecule has 0 aliphatic heterocycles. The molecule has 0 radical (unpaired) electrons. The van der Waals surface area contributed by atoms with Crippen LogP contribution in [0.25, 0.3) is 0 Å². The van der Waals surface area contributed by atoms with Crippen LogP contribution in [-0.4, -0.2) is 42.7 Å². The molecule has 5 heteroatoms. The number of rotatable bonds is 9. The second kappa shape index (κ2) is 10.9. The summed E-state index contributed by atoms with van der Waals surface area (Å²) in [5.41, 5.74) is -0.443. The van der Waals surface area contributed by atoms with Crippen LogP contribution in [0.15, 0.2) is 0 Å². The van der Waals surface area contributed by atoms with E-state index in [9.17, 15) is 4.79 Å². The number of aliphatic hydroxyl groups excluding tert-OH is 1. The van der Waals surface area contributed by atoms with Gasteiger partial charge >= 0.3 is 6.09 Å². The Morgan fingerprint density at radius 2 is 1.91 bits per heavy atom. The zero-order valence-corrected chi connectivity index (χ0v) is 15.1. The quantitative estimate of drug-likeness (QED) is 0.634. The second-order valence-electron chi connectivity index (χ2n) is 7.46. The van der Waals surface area contributed by atoms with Crippen molar-refractivity contribution >= 4 is 6.09 Å². The number of alkyl carbamates (subject to hydrolysis) is 1. The van der Waals surface area contributed by atoms with Gasteiger partial charge in [-0.05, 0) is 65.2 Å². The van der Waals surface area contributed by atoms with Crippen molar-refractivity contribution in [3.8, 4) is 0 Å². The maximum atomic E-state index is 11.6. The summed E-state index contributed by atoms with van der Waals surface area (Å²) in [6, 6.07) is 0. The van der Waals surface area contributed by atoms with Crippen molar-refractivity contribution in [2.24, 2.45) is 5.92 Å². The van der Waals surface area contributed by atoms with Gasteiger partial charge in [0.05, 0.1) is 6.10 Å². The minimum absolute atomic E-state index is 0.244. The van der Waals surface area contributed by atoms with Crippen molar-refractivity contribution in [3.05, 3.63) is 0 Å². The lowest BCUT2D eigenvalue weighted by atomic mass is 9.83. The monoisotopic (exact) mass is 329 g/mol. The molecule has 23 heavy (non-hydrogen) atoms. The third-order valence-electron chi connectivity index (χ3n) is 4.14. The highest BCUT2D eigenvalue weighted by molar-refractivity contribution is 5.67. The Labute approximate surface area is 141 Å². The zero-order chi connectivity index (χ0) is 17.1. The van der Waals surface area contributed by atoms with Crippen LogP contribution < -0.4 is 5.32 Å². The molecule has 0 spiro atoms. The van der Waals surface area contributed by atoms with Gasteiger partial charge in [-0.3, -0.25) is 0 Å². The maximum absolute atomic E-state index is 11.6. The second-order valence-corrected chi connectivity index (χ2v) is 7.46. The highest BCUT2D eigenvalue weighted by Crippen LogP contribution is 2.30. The normalized spacial score (nSPS) is 21.9. The molecule has 0 aromatic rings. The number of nitrogens with one attached hydrogen (secondary N) is 1. The van der Waals surface area contributed by atoms with Gasteiger partial charge in [0.2, 0.25) is 0 Å². The van der Waals surface area contributed by atoms with E-state index in [1.807, 2.05) is 20.8 Å². The van der Waals surface area contributed by atoms with Crippen LogP contribution in [0.1, 0.15) is 72.1 Å². The Morgan fingerprint density at radius 3 is 2.61 bits per heavy atom. The Hall–Kier alpha value is -0.810. The molecule has 0 heterocycles. The summed E-state index contributed by atoms with van der Waals surface area (Å²) in [4.78, 5) is 11.6. The zero-order valence-electron chi connectivity index (χ0n) is 15.1. The van der Waals surface area contributed by atoms with Gasteiger partial charge in [-0.25, -0.2) is 4.79 Å². The fourth-order valence-corrected chi connectivity index (χ4v) is 3.04. The number of hydrogen-bond acceptors (Lipinski definition) is 4. The van der Waals surface area contributed by atoms with Crippen LogP contribution in [0.5, 0.6) is 0 Å². The lowest BCUT2D eigenvalue weighted by molar-refractivity contribution is -0.0163. The molecule has 1 fully saturated rings. The molecular formula is C18H35NO4. The summed E-state index contributed by atoms with van der Waals surface area (Å²) in [6.45, 7) is 7.25. The predicted molar refractivity (Wildman–Crippen MR) is 91.5 cm³/mol. The topological polar surface area (TPSA) is 67.8 Å². The highest BCUT2D eigenvalue weighted by atomic mass is 16.6. The average Bonchev–Trinajstić information content (AvgIpc) is 2.47. The summed E-state index contributed by atoms with van der Waals surface area (Å²) in [6.07, 6.45) is 8.69. The van der Waals surface area contributed by atoms with E-state index in [0.717, 1.165) is 38.7 Å². The standard InChI is InChI=1S/C18H35NO4/c1-18(2,3)23-17(21)19-12-8-10-15-9-4-5-11-16(15)22-14-7-6-13-20/h15-16,20H,4-14H2,1-3H3,(H,19,21). The molecule has 2 unspecified atom stereocenters. The molecule has 2 atom stereocenters. The molecule has 0 aromatic carbocycles. The molecule has 5 nitrogen and oxygen atoms in total. The molecule has 0 saturated heterocycles. The van der Waals surface area contributed by atoms with Gasteiger partial charge in [-0.2, -0.15) is 0 Å². The van der Waals surface area contributed by atoms with Crippen molar-refractivity contribution in [1.82, 2.24) is 5.32 Å². The molecule has 1 aliphatic carbocycles. The fourth-order valence-electron chi connectivity index (χ4n) is 3.04. The van der Waals surface area contributed by atoms with Gasteiger partial charge in [0.25, 0.3) is 0 Å². The molecule has 136 valence electrons. The van der Waals surface area contributed by atoms with E-state index in [1.165, 1.54) is 19.3 Å². The van der Waals surface area contributed by atoms with Crippen molar-refractivity contribution < 1.29 is 19.4 Å². The van der Waals surface area contributed by atoms with Crippen molar-refractivity contribution in [2.45, 2.75) is 83.8 Å². The van der Waals surface area contributed by atoms with E-state index in [2.05, 4.69) is 5.32 Å². The van der Waals surface area contributed by atoms with Gasteiger partial charge < -0.3 is 19.9 Å². The van der Waals surface area contributed by atoms with E-state index in [-0.39, 0.29) is 12.7 Å². The Kier molecular flexibility index (Phi) is 9.56. The van der Waals surface area contributed by atoms with E-state index in [1.54, 1.807) is 0 Å². The summed E-state index contributed by atoms with van der Waals surface area (Å²) >= 11 is 0. The summed E-state index contributed by atoms with van der Waals surface area (Å²) < 4.78 is 11.3. The smallest absolute Gasteiger partial charge is 0.407 e. The molecule has 0 aromatic heterocycles. The van der Waals surface area contributed by atoms with Crippen LogP contribution in [0, 0.1) is 5.92 Å². The lowest BCUT2D eigenvalue weighted by Crippen LogP contribution is -2.34. The van der Waals surface area contributed by atoms with Gasteiger partial charge in [-0.15, -0.1) is 0 Å². The molecule has 1 amide bonds. The van der Waals surface area contributed by atoms with E-state index in [4.69, 9.17) is 14.6 Å². The number of hydrogen-bond donors (Lipinski definition) is 2. The Balaban J connectivity index is 2.18. The fraction of sp³-hybridized carbons (Fsp3) is 0.944. The van der Waals surface area contributed by atoms with Crippen molar-refractivity contribution in [1.29, 1.82) is 0 Å². The van der Waals surface area contributed by atoms with E-state index in [0.29, 0.717) is 18.6 Å². The lowest BCUT2D eigenvalue weighted by Gasteiger charge is -2.31. The maximum Gasteiger partial charge on any atom is 0.407 e. The van der Waals surface area contributed by atoms with Crippen LogP contribution >= 0.6 is 0 Å². The minimum Gasteiger partial charge on any atom is -0.444 e. The first-order valence-electron chi connectivity index (χ1n) is 9.11. The molecule has 1 aliphatic rings. The molecule has 2 N–H and O–H groups in total. The summed E-state index contributed by atoms with van der Waals surface area (Å²) in [7, 11) is 0. The first kappa shape index (κ1) is 20.2. The van der Waals surface area contributed by atoms with Crippen LogP contribution in [0.2, 0.25) is 0 Å². The SMILES string of the molecule is CC(C)(C)OC(=O)NCCCC1CCCCC1OCCCCO. The molecule has 0 bridgehead atoms. The number of aliphatic hydroxyl groups is 1. The molecular weight excluding hydrogens is 294 g/mol. The third kappa shape index (κ3) is 9.82. The highest BCUT2D eigenvalue weighted by Gasteiger charge is 2.25. The Bertz CT molecular complexity index is 327. The number of carbonyl (C=O) groups is 1. The average molecular weight is 329 g/mol. The van der Waals surface area contributed by atoms with Crippen molar-refractivity contribution in [3.63, 3.8) is 0 Å². The number of ether oxygens (including phenoxy) is 2. The molecule has 1 saturated carbocycles. The summed E-state index contributed by atoms with van der Waals surface area (Å²) in [5.74, 6) is 0.596. The predicted octanol–water partition coefficient (Wildman–Crippen LogP) is 3.64. The van der Waals surface area contributed by atoms with Crippen LogP contribution in [-0.2, 0) is 9.47 Å². The van der Waals surface area contributed by atoms with Crippen LogP contribution in [0.4, 0.5) is 4.79 Å².